The van der Waals surface area contributed by atoms with E-state index in [0.717, 1.165) is 5.56 Å². The highest BCUT2D eigenvalue weighted by molar-refractivity contribution is 5.91. The van der Waals surface area contributed by atoms with Gasteiger partial charge in [-0.2, -0.15) is 5.26 Å². The number of carbonyl (C=O) groups is 2. The summed E-state index contributed by atoms with van der Waals surface area (Å²) < 4.78 is 0. The standard InChI is InChI=1S/C16H21N3O2/c1-16(2,3)15(21)18-11-9-14(20)19-13-6-4-12(5-7-13)8-10-17/h4-7H,8-9,11H2,1-3H3,(H,18,21)(H,19,20). The van der Waals surface area contributed by atoms with Gasteiger partial charge in [0.2, 0.25) is 11.8 Å². The maximum Gasteiger partial charge on any atom is 0.226 e. The second-order valence-corrected chi connectivity index (χ2v) is 5.84. The van der Waals surface area contributed by atoms with Crippen LogP contribution in [0.4, 0.5) is 5.69 Å². The molecule has 0 spiro atoms. The first kappa shape index (κ1) is 16.7. The Morgan fingerprint density at radius 3 is 2.33 bits per heavy atom. The topological polar surface area (TPSA) is 82.0 Å². The van der Waals surface area contributed by atoms with E-state index in [1.54, 1.807) is 24.3 Å². The molecule has 1 aromatic rings. The van der Waals surface area contributed by atoms with Crippen LogP contribution in [0.25, 0.3) is 0 Å². The minimum absolute atomic E-state index is 0.0730. The molecule has 1 aromatic carbocycles. The van der Waals surface area contributed by atoms with Crippen LogP contribution >= 0.6 is 0 Å². The molecule has 0 saturated carbocycles. The van der Waals surface area contributed by atoms with Gasteiger partial charge in [-0.1, -0.05) is 32.9 Å². The molecule has 0 aliphatic heterocycles. The molecular weight excluding hydrogens is 266 g/mol. The Morgan fingerprint density at radius 1 is 1.19 bits per heavy atom. The number of benzene rings is 1. The lowest BCUT2D eigenvalue weighted by Gasteiger charge is -2.17. The molecular formula is C16H21N3O2. The second kappa shape index (κ2) is 7.44. The van der Waals surface area contributed by atoms with Crippen molar-refractivity contribution in [2.75, 3.05) is 11.9 Å². The van der Waals surface area contributed by atoms with Crippen molar-refractivity contribution in [2.24, 2.45) is 5.41 Å². The van der Waals surface area contributed by atoms with Gasteiger partial charge in [0.25, 0.3) is 0 Å². The zero-order valence-corrected chi connectivity index (χ0v) is 12.7. The maximum atomic E-state index is 11.7. The molecule has 1 rings (SSSR count). The Balaban J connectivity index is 2.37. The average molecular weight is 287 g/mol. The van der Waals surface area contributed by atoms with Gasteiger partial charge in [-0.15, -0.1) is 0 Å². The predicted molar refractivity (Wildman–Crippen MR) is 81.5 cm³/mol. The zero-order chi connectivity index (χ0) is 15.9. The minimum Gasteiger partial charge on any atom is -0.355 e. The summed E-state index contributed by atoms with van der Waals surface area (Å²) in [5, 5.41) is 14.1. The third kappa shape index (κ3) is 6.09. The van der Waals surface area contributed by atoms with Gasteiger partial charge in [0.15, 0.2) is 0 Å². The highest BCUT2D eigenvalue weighted by Gasteiger charge is 2.20. The Kier molecular flexibility index (Phi) is 5.92. The van der Waals surface area contributed by atoms with Gasteiger partial charge in [-0.05, 0) is 17.7 Å². The Labute approximate surface area is 125 Å². The molecule has 0 fully saturated rings. The number of nitriles is 1. The van der Waals surface area contributed by atoms with Crippen LogP contribution in [0.1, 0.15) is 32.8 Å². The molecule has 2 amide bonds. The van der Waals surface area contributed by atoms with E-state index in [1.807, 2.05) is 20.8 Å². The number of anilines is 1. The quantitative estimate of drug-likeness (QED) is 0.871. The number of amides is 2. The Morgan fingerprint density at radius 2 is 1.81 bits per heavy atom. The monoisotopic (exact) mass is 287 g/mol. The van der Waals surface area contributed by atoms with E-state index in [-0.39, 0.29) is 18.2 Å². The van der Waals surface area contributed by atoms with Gasteiger partial charge in [0, 0.05) is 24.1 Å². The summed E-state index contributed by atoms with van der Waals surface area (Å²) in [4.78, 5) is 23.4. The van der Waals surface area contributed by atoms with Crippen LogP contribution in [0.15, 0.2) is 24.3 Å². The first-order valence-corrected chi connectivity index (χ1v) is 6.87. The molecule has 0 unspecified atom stereocenters. The van der Waals surface area contributed by atoms with E-state index < -0.39 is 5.41 Å². The summed E-state index contributed by atoms with van der Waals surface area (Å²) >= 11 is 0. The minimum atomic E-state index is -0.451. The van der Waals surface area contributed by atoms with E-state index in [0.29, 0.717) is 18.7 Å². The molecule has 0 aliphatic carbocycles. The third-order valence-electron chi connectivity index (χ3n) is 2.84. The molecule has 5 heteroatoms. The van der Waals surface area contributed by atoms with Crippen LogP contribution < -0.4 is 10.6 Å². The fourth-order valence-corrected chi connectivity index (χ4v) is 1.58. The van der Waals surface area contributed by atoms with E-state index in [9.17, 15) is 9.59 Å². The molecule has 0 atom stereocenters. The maximum absolute atomic E-state index is 11.7. The summed E-state index contributed by atoms with van der Waals surface area (Å²) in [6.45, 7) is 5.79. The molecule has 0 saturated heterocycles. The van der Waals surface area contributed by atoms with Crippen molar-refractivity contribution in [3.05, 3.63) is 29.8 Å². The highest BCUT2D eigenvalue weighted by atomic mass is 16.2. The van der Waals surface area contributed by atoms with Crippen molar-refractivity contribution >= 4 is 17.5 Å². The average Bonchev–Trinajstić information content (AvgIpc) is 2.40. The first-order valence-electron chi connectivity index (χ1n) is 6.87. The van der Waals surface area contributed by atoms with Gasteiger partial charge in [0.1, 0.15) is 0 Å². The summed E-state index contributed by atoms with van der Waals surface area (Å²) in [5.41, 5.74) is 1.14. The van der Waals surface area contributed by atoms with Gasteiger partial charge in [-0.25, -0.2) is 0 Å². The number of rotatable bonds is 5. The van der Waals surface area contributed by atoms with Crippen molar-refractivity contribution in [1.29, 1.82) is 5.26 Å². The van der Waals surface area contributed by atoms with E-state index in [1.165, 1.54) is 0 Å². The summed E-state index contributed by atoms with van der Waals surface area (Å²) in [7, 11) is 0. The lowest BCUT2D eigenvalue weighted by molar-refractivity contribution is -0.128. The van der Waals surface area contributed by atoms with Crippen molar-refractivity contribution in [3.63, 3.8) is 0 Å². The van der Waals surface area contributed by atoms with Gasteiger partial charge in [-0.3, -0.25) is 9.59 Å². The SMILES string of the molecule is CC(C)(C)C(=O)NCCC(=O)Nc1ccc(CC#N)cc1. The molecule has 0 bridgehead atoms. The van der Waals surface area contributed by atoms with Crippen LogP contribution in [-0.2, 0) is 16.0 Å². The molecule has 2 N–H and O–H groups in total. The van der Waals surface area contributed by atoms with Crippen LogP contribution in [0.5, 0.6) is 0 Å². The van der Waals surface area contributed by atoms with Crippen molar-refractivity contribution in [2.45, 2.75) is 33.6 Å². The van der Waals surface area contributed by atoms with Crippen LogP contribution in [-0.4, -0.2) is 18.4 Å². The molecule has 21 heavy (non-hydrogen) atoms. The molecule has 5 nitrogen and oxygen atoms in total. The largest absolute Gasteiger partial charge is 0.355 e. The lowest BCUT2D eigenvalue weighted by atomic mass is 9.96. The van der Waals surface area contributed by atoms with E-state index in [4.69, 9.17) is 5.26 Å². The van der Waals surface area contributed by atoms with Crippen molar-refractivity contribution in [3.8, 4) is 6.07 Å². The van der Waals surface area contributed by atoms with E-state index in [2.05, 4.69) is 16.7 Å². The number of nitrogens with one attached hydrogen (secondary N) is 2. The molecule has 0 aliphatic rings. The number of carbonyl (C=O) groups excluding carboxylic acids is 2. The normalized spacial score (nSPS) is 10.6. The van der Waals surface area contributed by atoms with Crippen LogP contribution in [0.2, 0.25) is 0 Å². The van der Waals surface area contributed by atoms with E-state index >= 15 is 0 Å². The Hall–Kier alpha value is -2.35. The molecule has 112 valence electrons. The number of nitrogens with zero attached hydrogens (tertiary/aromatic N) is 1. The van der Waals surface area contributed by atoms with Crippen molar-refractivity contribution < 1.29 is 9.59 Å². The van der Waals surface area contributed by atoms with Gasteiger partial charge >= 0.3 is 0 Å². The molecule has 0 aromatic heterocycles. The second-order valence-electron chi connectivity index (χ2n) is 5.84. The number of hydrogen-bond acceptors (Lipinski definition) is 3. The fourth-order valence-electron chi connectivity index (χ4n) is 1.58. The molecule has 0 heterocycles. The third-order valence-corrected chi connectivity index (χ3v) is 2.84. The first-order chi connectivity index (χ1) is 9.82. The summed E-state index contributed by atoms with van der Waals surface area (Å²) in [6, 6.07) is 9.20. The zero-order valence-electron chi connectivity index (χ0n) is 12.7. The Bertz CT molecular complexity index is 536. The van der Waals surface area contributed by atoms with Crippen molar-refractivity contribution in [1.82, 2.24) is 5.32 Å². The predicted octanol–water partition coefficient (Wildman–Crippen LogP) is 2.24. The fraction of sp³-hybridized carbons (Fsp3) is 0.438. The highest BCUT2D eigenvalue weighted by Crippen LogP contribution is 2.12. The summed E-state index contributed by atoms with van der Waals surface area (Å²) in [6.07, 6.45) is 0.578. The number of hydrogen-bond donors (Lipinski definition) is 2. The molecule has 0 radical (unpaired) electrons. The van der Waals surface area contributed by atoms with Gasteiger partial charge in [0.05, 0.1) is 12.5 Å². The van der Waals surface area contributed by atoms with Crippen LogP contribution in [0, 0.1) is 16.7 Å². The van der Waals surface area contributed by atoms with Crippen LogP contribution in [0.3, 0.4) is 0 Å². The summed E-state index contributed by atoms with van der Waals surface area (Å²) in [5.74, 6) is -0.228. The van der Waals surface area contributed by atoms with Gasteiger partial charge < -0.3 is 10.6 Å². The smallest absolute Gasteiger partial charge is 0.226 e. The lowest BCUT2D eigenvalue weighted by Crippen LogP contribution is -2.36.